The average Bonchev–Trinajstić information content (AvgIpc) is 2.76. The summed E-state index contributed by atoms with van der Waals surface area (Å²) in [4.78, 5) is 24.9. The van der Waals surface area contributed by atoms with E-state index in [0.717, 1.165) is 19.4 Å². The minimum atomic E-state index is -3.16. The highest BCUT2D eigenvalue weighted by Gasteiger charge is 2.39. The molecule has 2 fully saturated rings. The van der Waals surface area contributed by atoms with E-state index in [2.05, 4.69) is 5.32 Å². The van der Waals surface area contributed by atoms with Gasteiger partial charge in [-0.15, -0.1) is 0 Å². The van der Waals surface area contributed by atoms with Crippen molar-refractivity contribution in [3.8, 4) is 0 Å². The molecule has 3 atom stereocenters. The molecular formula is C13H22N2O5S. The van der Waals surface area contributed by atoms with E-state index in [1.54, 1.807) is 0 Å². The lowest BCUT2D eigenvalue weighted by Gasteiger charge is -2.35. The molecule has 2 rings (SSSR count). The number of amides is 1. The van der Waals surface area contributed by atoms with Gasteiger partial charge in [0.2, 0.25) is 5.91 Å². The number of piperidine rings is 1. The standard InChI is InChI=1S/C13H22N2O5S/c1-9-3-2-5-14-12(9)13(18)15(7-11(16)17)10-4-6-21(19,20)8-10/h9-10,12,14H,2-8H2,1H3,(H,16,17). The third kappa shape index (κ3) is 3.94. The lowest BCUT2D eigenvalue weighted by molar-refractivity contribution is -0.147. The highest BCUT2D eigenvalue weighted by atomic mass is 32.2. The van der Waals surface area contributed by atoms with Crippen LogP contribution >= 0.6 is 0 Å². The fourth-order valence-electron chi connectivity index (χ4n) is 3.11. The van der Waals surface area contributed by atoms with Crippen LogP contribution in [0.1, 0.15) is 26.2 Å². The fraction of sp³-hybridized carbons (Fsp3) is 0.846. The first kappa shape index (κ1) is 16.2. The highest BCUT2D eigenvalue weighted by Crippen LogP contribution is 2.22. The van der Waals surface area contributed by atoms with Crippen LogP contribution in [0.15, 0.2) is 0 Å². The molecule has 2 heterocycles. The summed E-state index contributed by atoms with van der Waals surface area (Å²) in [5.41, 5.74) is 0. The van der Waals surface area contributed by atoms with Crippen LogP contribution < -0.4 is 5.32 Å². The van der Waals surface area contributed by atoms with E-state index in [-0.39, 0.29) is 23.3 Å². The van der Waals surface area contributed by atoms with Gasteiger partial charge < -0.3 is 15.3 Å². The van der Waals surface area contributed by atoms with E-state index in [9.17, 15) is 18.0 Å². The molecule has 7 nitrogen and oxygen atoms in total. The fourth-order valence-corrected chi connectivity index (χ4v) is 4.84. The van der Waals surface area contributed by atoms with Crippen molar-refractivity contribution in [1.82, 2.24) is 10.2 Å². The molecule has 3 unspecified atom stereocenters. The molecule has 0 aliphatic carbocycles. The van der Waals surface area contributed by atoms with Gasteiger partial charge in [-0.3, -0.25) is 9.59 Å². The first-order valence-corrected chi connectivity index (χ1v) is 9.08. The van der Waals surface area contributed by atoms with Crippen molar-refractivity contribution in [3.63, 3.8) is 0 Å². The van der Waals surface area contributed by atoms with Gasteiger partial charge in [-0.05, 0) is 31.7 Å². The number of hydrogen-bond acceptors (Lipinski definition) is 5. The van der Waals surface area contributed by atoms with Gasteiger partial charge in [-0.2, -0.15) is 0 Å². The largest absolute Gasteiger partial charge is 0.480 e. The molecule has 8 heteroatoms. The van der Waals surface area contributed by atoms with E-state index in [4.69, 9.17) is 5.11 Å². The second-order valence-electron chi connectivity index (χ2n) is 5.97. The Kier molecular flexibility index (Phi) is 4.88. The molecule has 2 aliphatic rings. The van der Waals surface area contributed by atoms with Gasteiger partial charge >= 0.3 is 5.97 Å². The predicted molar refractivity (Wildman–Crippen MR) is 76.6 cm³/mol. The molecule has 0 aromatic carbocycles. The minimum Gasteiger partial charge on any atom is -0.480 e. The summed E-state index contributed by atoms with van der Waals surface area (Å²) in [6.45, 7) is 2.24. The summed E-state index contributed by atoms with van der Waals surface area (Å²) in [6, 6.07) is -0.934. The molecule has 0 aromatic heterocycles. The van der Waals surface area contributed by atoms with Crippen LogP contribution in [0.2, 0.25) is 0 Å². The van der Waals surface area contributed by atoms with Gasteiger partial charge in [0.25, 0.3) is 0 Å². The van der Waals surface area contributed by atoms with Gasteiger partial charge in [-0.25, -0.2) is 8.42 Å². The number of carbonyl (C=O) groups excluding carboxylic acids is 1. The summed E-state index contributed by atoms with van der Waals surface area (Å²) in [5, 5.41) is 12.2. The number of sulfone groups is 1. The van der Waals surface area contributed by atoms with Gasteiger partial charge in [0.05, 0.1) is 17.5 Å². The van der Waals surface area contributed by atoms with E-state index < -0.39 is 34.4 Å². The van der Waals surface area contributed by atoms with Gasteiger partial charge in [0.15, 0.2) is 9.84 Å². The highest BCUT2D eigenvalue weighted by molar-refractivity contribution is 7.91. The van der Waals surface area contributed by atoms with Crippen molar-refractivity contribution in [1.29, 1.82) is 0 Å². The molecule has 1 amide bonds. The third-order valence-corrected chi connectivity index (χ3v) is 6.02. The maximum absolute atomic E-state index is 12.6. The number of carboxylic acids is 1. The zero-order chi connectivity index (χ0) is 15.6. The molecular weight excluding hydrogens is 296 g/mol. The Morgan fingerprint density at radius 3 is 2.57 bits per heavy atom. The van der Waals surface area contributed by atoms with E-state index >= 15 is 0 Å². The number of carbonyl (C=O) groups is 2. The Hall–Kier alpha value is -1.15. The summed E-state index contributed by atoms with van der Waals surface area (Å²) in [6.07, 6.45) is 2.22. The molecule has 2 N–H and O–H groups in total. The summed E-state index contributed by atoms with van der Waals surface area (Å²) >= 11 is 0. The van der Waals surface area contributed by atoms with Crippen LogP contribution in [0.3, 0.4) is 0 Å². The number of nitrogens with one attached hydrogen (secondary N) is 1. The minimum absolute atomic E-state index is 0.0225. The van der Waals surface area contributed by atoms with E-state index in [1.807, 2.05) is 6.92 Å². The van der Waals surface area contributed by atoms with E-state index in [1.165, 1.54) is 4.90 Å². The molecule has 0 radical (unpaired) electrons. The van der Waals surface area contributed by atoms with Crippen LogP contribution in [0, 0.1) is 5.92 Å². The summed E-state index contributed by atoms with van der Waals surface area (Å²) < 4.78 is 23.2. The lowest BCUT2D eigenvalue weighted by Crippen LogP contribution is -2.56. The maximum Gasteiger partial charge on any atom is 0.323 e. The maximum atomic E-state index is 12.6. The van der Waals surface area contributed by atoms with Gasteiger partial charge in [-0.1, -0.05) is 6.92 Å². The smallest absolute Gasteiger partial charge is 0.323 e. The third-order valence-electron chi connectivity index (χ3n) is 4.27. The Bertz CT molecular complexity index is 519. The number of aliphatic carboxylic acids is 1. The van der Waals surface area contributed by atoms with Crippen LogP contribution in [0.25, 0.3) is 0 Å². The second-order valence-corrected chi connectivity index (χ2v) is 8.20. The average molecular weight is 318 g/mol. The summed E-state index contributed by atoms with van der Waals surface area (Å²) in [5.74, 6) is -1.38. The van der Waals surface area contributed by atoms with Crippen molar-refractivity contribution in [2.24, 2.45) is 5.92 Å². The lowest BCUT2D eigenvalue weighted by atomic mass is 9.91. The number of rotatable bonds is 4. The first-order chi connectivity index (χ1) is 9.80. The SMILES string of the molecule is CC1CCCNC1C(=O)N(CC(=O)O)C1CCS(=O)(=O)C1. The van der Waals surface area contributed by atoms with Crippen molar-refractivity contribution in [2.45, 2.75) is 38.3 Å². The molecule has 0 saturated carbocycles. The molecule has 2 saturated heterocycles. The Labute approximate surface area is 124 Å². The molecule has 0 spiro atoms. The zero-order valence-corrected chi connectivity index (χ0v) is 12.9. The normalized spacial score (nSPS) is 31.8. The molecule has 0 aromatic rings. The van der Waals surface area contributed by atoms with E-state index in [0.29, 0.717) is 6.42 Å². The van der Waals surface area contributed by atoms with Crippen molar-refractivity contribution < 1.29 is 23.1 Å². The number of hydrogen-bond donors (Lipinski definition) is 2. The predicted octanol–water partition coefficient (Wildman–Crippen LogP) is -0.525. The molecule has 2 aliphatic heterocycles. The van der Waals surface area contributed by atoms with Crippen LogP contribution in [0.5, 0.6) is 0 Å². The first-order valence-electron chi connectivity index (χ1n) is 7.26. The number of carboxylic acid groups (broad SMARTS) is 1. The van der Waals surface area contributed by atoms with Crippen LogP contribution in [0.4, 0.5) is 0 Å². The van der Waals surface area contributed by atoms with Gasteiger partial charge in [0.1, 0.15) is 6.54 Å². The van der Waals surface area contributed by atoms with Crippen molar-refractivity contribution in [2.75, 3.05) is 24.6 Å². The summed E-state index contributed by atoms with van der Waals surface area (Å²) in [7, 11) is -3.16. The second kappa shape index (κ2) is 6.31. The van der Waals surface area contributed by atoms with Gasteiger partial charge in [0, 0.05) is 6.04 Å². The molecule has 21 heavy (non-hydrogen) atoms. The molecule has 120 valence electrons. The van der Waals surface area contributed by atoms with Crippen molar-refractivity contribution in [3.05, 3.63) is 0 Å². The topological polar surface area (TPSA) is 104 Å². The zero-order valence-electron chi connectivity index (χ0n) is 12.1. The van der Waals surface area contributed by atoms with Crippen LogP contribution in [-0.2, 0) is 19.4 Å². The molecule has 0 bridgehead atoms. The van der Waals surface area contributed by atoms with Crippen molar-refractivity contribution >= 4 is 21.7 Å². The monoisotopic (exact) mass is 318 g/mol. The quantitative estimate of drug-likeness (QED) is 0.722. The Morgan fingerprint density at radius 2 is 2.05 bits per heavy atom. The number of nitrogens with zero attached hydrogens (tertiary/aromatic N) is 1. The van der Waals surface area contributed by atoms with Crippen LogP contribution in [-0.4, -0.2) is 67.0 Å². The Morgan fingerprint density at radius 1 is 1.33 bits per heavy atom. The Balaban J connectivity index is 2.15.